The molecule has 2 atom stereocenters. The normalized spacial score (nSPS) is 12.9. The zero-order chi connectivity index (χ0) is 15.1. The van der Waals surface area contributed by atoms with Crippen LogP contribution < -0.4 is 11.1 Å². The molecule has 1 aromatic heterocycles. The molecule has 0 aliphatic rings. The van der Waals surface area contributed by atoms with E-state index in [-0.39, 0.29) is 18.9 Å². The number of aromatic nitrogens is 2. The third-order valence-corrected chi connectivity index (χ3v) is 3.10. The average molecular weight is 296 g/mol. The molecule has 1 heterocycles. The van der Waals surface area contributed by atoms with Crippen molar-refractivity contribution in [3.05, 3.63) is 18.2 Å². The van der Waals surface area contributed by atoms with Crippen molar-refractivity contribution in [2.24, 2.45) is 5.73 Å². The van der Waals surface area contributed by atoms with Crippen LogP contribution in [0.4, 0.5) is 0 Å². The van der Waals surface area contributed by atoms with E-state index < -0.39 is 19.2 Å². The molecule has 4 N–H and O–H groups in total. The number of carbonyl (C=O) groups excluding carboxylic acids is 1. The minimum absolute atomic E-state index is 0.107. The molecular formula is C11H18BN4O3P. The summed E-state index contributed by atoms with van der Waals surface area (Å²) in [5.41, 5.74) is 6.35. The van der Waals surface area contributed by atoms with Crippen molar-refractivity contribution in [2.45, 2.75) is 25.4 Å². The van der Waals surface area contributed by atoms with Gasteiger partial charge in [-0.1, -0.05) is 0 Å². The summed E-state index contributed by atoms with van der Waals surface area (Å²) in [5.74, 6) is -1.07. The standard InChI is InChI=1S/C11H18BN4O3P/c1-20(12)7-15-10(17)5-16-4-9(14-6-16)2-8(13)3-11(18)19/h4,6,8H,2-3,5,7,13H2,1H3,(H,15,17)(H,18,19). The molecule has 1 rings (SSSR count). The number of imidazole rings is 1. The first-order valence-electron chi connectivity index (χ1n) is 6.07. The Morgan fingerprint density at radius 2 is 2.35 bits per heavy atom. The summed E-state index contributed by atoms with van der Waals surface area (Å²) in [6, 6.07) is -0.481. The van der Waals surface area contributed by atoms with Crippen LogP contribution in [0.1, 0.15) is 12.1 Å². The van der Waals surface area contributed by atoms with Gasteiger partial charge in [-0.3, -0.25) is 4.79 Å². The molecule has 0 fully saturated rings. The summed E-state index contributed by atoms with van der Waals surface area (Å²) in [6.07, 6.45) is 3.96. The number of carbonyl (C=O) groups is 2. The van der Waals surface area contributed by atoms with Gasteiger partial charge < -0.3 is 5.11 Å². The van der Waals surface area contributed by atoms with E-state index in [1.807, 2.05) is 6.66 Å². The molecule has 9 heteroatoms. The second-order valence-electron chi connectivity index (χ2n) is 4.61. The predicted molar refractivity (Wildman–Crippen MR) is 77.8 cm³/mol. The topological polar surface area (TPSA) is 110 Å². The Morgan fingerprint density at radius 3 is 2.95 bits per heavy atom. The zero-order valence-electron chi connectivity index (χ0n) is 11.3. The quantitative estimate of drug-likeness (QED) is 0.464. The molecule has 1 aromatic rings. The molecule has 0 saturated heterocycles. The fourth-order valence-electron chi connectivity index (χ4n) is 1.60. The van der Waals surface area contributed by atoms with Crippen LogP contribution in [0.2, 0.25) is 0 Å². The van der Waals surface area contributed by atoms with E-state index in [4.69, 9.17) is 17.8 Å². The Hall–Kier alpha value is -1.53. The Bertz CT molecular complexity index is 551. The van der Waals surface area contributed by atoms with Crippen LogP contribution in [-0.4, -0.2) is 52.5 Å². The van der Waals surface area contributed by atoms with Crippen molar-refractivity contribution in [3.63, 3.8) is 0 Å². The van der Waals surface area contributed by atoms with Gasteiger partial charge in [0.2, 0.25) is 0 Å². The van der Waals surface area contributed by atoms with Crippen molar-refractivity contribution in [3.8, 4) is 0 Å². The van der Waals surface area contributed by atoms with Crippen LogP contribution in [0.15, 0.2) is 12.5 Å². The second-order valence-corrected chi connectivity index (χ2v) is 6.44. The van der Waals surface area contributed by atoms with E-state index >= 15 is 0 Å². The van der Waals surface area contributed by atoms with E-state index in [0.717, 1.165) is 0 Å². The monoisotopic (exact) mass is 296 g/mol. The number of hydrogen-bond acceptors (Lipinski definition) is 4. The number of amides is 1. The van der Waals surface area contributed by atoms with E-state index in [0.29, 0.717) is 18.4 Å². The first-order valence-corrected chi connectivity index (χ1v) is 8.11. The number of carboxylic acids is 1. The third kappa shape index (κ3) is 6.59. The van der Waals surface area contributed by atoms with Gasteiger partial charge in [-0.2, -0.15) is 0 Å². The zero-order valence-corrected chi connectivity index (χ0v) is 12.2. The number of rotatable bonds is 7. The third-order valence-electron chi connectivity index (χ3n) is 2.45. The van der Waals surface area contributed by atoms with Crippen LogP contribution in [0.5, 0.6) is 0 Å². The molecule has 2 unspecified atom stereocenters. The van der Waals surface area contributed by atoms with Gasteiger partial charge in [-0.25, -0.2) is 0 Å². The van der Waals surface area contributed by atoms with E-state index in [2.05, 4.69) is 10.3 Å². The van der Waals surface area contributed by atoms with Gasteiger partial charge in [0.05, 0.1) is 0 Å². The SMILES string of the molecule is B#P(C)CNC(=O)Cn1cnc(CC(N)CC(=O)O)c1. The summed E-state index contributed by atoms with van der Waals surface area (Å²) in [6.45, 7) is 2.03. The maximum atomic E-state index is 11.6. The van der Waals surface area contributed by atoms with Gasteiger partial charge in [-0.15, -0.1) is 0 Å². The molecule has 20 heavy (non-hydrogen) atoms. The number of hydrogen-bond donors (Lipinski definition) is 3. The van der Waals surface area contributed by atoms with Crippen LogP contribution in [0.3, 0.4) is 0 Å². The molecular weight excluding hydrogens is 278 g/mol. The Kier molecular flexibility index (Phi) is 6.54. The summed E-state index contributed by atoms with van der Waals surface area (Å²) >= 11 is 0. The summed E-state index contributed by atoms with van der Waals surface area (Å²) in [7, 11) is 4.95. The number of aliphatic carboxylic acids is 1. The molecule has 0 spiro atoms. The van der Waals surface area contributed by atoms with E-state index in [1.165, 1.54) is 6.33 Å². The Balaban J connectivity index is 2.45. The molecule has 0 aliphatic carbocycles. The van der Waals surface area contributed by atoms with Gasteiger partial charge >= 0.3 is 108 Å². The van der Waals surface area contributed by atoms with Crippen LogP contribution >= 0.6 is 7.24 Å². The van der Waals surface area contributed by atoms with E-state index in [1.54, 1.807) is 10.8 Å². The Labute approximate surface area is 118 Å². The molecule has 0 aromatic carbocycles. The first-order chi connectivity index (χ1) is 9.36. The van der Waals surface area contributed by atoms with Gasteiger partial charge in [-0.05, 0) is 0 Å². The van der Waals surface area contributed by atoms with Gasteiger partial charge in [0.15, 0.2) is 0 Å². The minimum atomic E-state index is -0.936. The van der Waals surface area contributed by atoms with Crippen molar-refractivity contribution in [1.82, 2.24) is 14.9 Å². The molecule has 7 nitrogen and oxygen atoms in total. The van der Waals surface area contributed by atoms with E-state index in [9.17, 15) is 9.59 Å². The predicted octanol–water partition coefficient (Wildman–Crippen LogP) is -0.503. The van der Waals surface area contributed by atoms with Crippen LogP contribution in [0, 0.1) is 0 Å². The Morgan fingerprint density at radius 1 is 1.65 bits per heavy atom. The molecule has 0 aliphatic heterocycles. The number of nitrogens with one attached hydrogen (secondary N) is 1. The van der Waals surface area contributed by atoms with Crippen molar-refractivity contribution in [2.75, 3.05) is 13.0 Å². The number of carboxylic acid groups (broad SMARTS) is 1. The molecule has 0 saturated carbocycles. The number of nitrogens with zero attached hydrogens (tertiary/aromatic N) is 2. The van der Waals surface area contributed by atoms with Crippen molar-refractivity contribution < 1.29 is 14.7 Å². The fourth-order valence-corrected chi connectivity index (χ4v) is 2.02. The average Bonchev–Trinajstić information content (AvgIpc) is 2.72. The van der Waals surface area contributed by atoms with Crippen LogP contribution in [-0.2, 0) is 22.6 Å². The summed E-state index contributed by atoms with van der Waals surface area (Å²) in [4.78, 5) is 26.2. The second kappa shape index (κ2) is 7.92. The van der Waals surface area contributed by atoms with Gasteiger partial charge in [0.1, 0.15) is 0 Å². The summed E-state index contributed by atoms with van der Waals surface area (Å²) in [5, 5.41) is 11.3. The van der Waals surface area contributed by atoms with Crippen LogP contribution in [0.25, 0.3) is 0 Å². The molecule has 0 radical (unpaired) electrons. The van der Waals surface area contributed by atoms with Gasteiger partial charge in [0, 0.05) is 0 Å². The van der Waals surface area contributed by atoms with Gasteiger partial charge in [0.25, 0.3) is 0 Å². The van der Waals surface area contributed by atoms with Crippen molar-refractivity contribution in [1.29, 1.82) is 0 Å². The maximum absolute atomic E-state index is 11.6. The van der Waals surface area contributed by atoms with Crippen molar-refractivity contribution >= 4 is 26.1 Å². The summed E-state index contributed by atoms with van der Waals surface area (Å²) < 4.78 is 1.63. The molecule has 1 amide bonds. The number of nitrogens with two attached hydrogens (primary N) is 1. The molecule has 0 bridgehead atoms. The fraction of sp³-hybridized carbons (Fsp3) is 0.545. The first kappa shape index (κ1) is 16.5. The molecule has 108 valence electrons.